The third kappa shape index (κ3) is 1.13. The molecule has 0 aromatic heterocycles. The Morgan fingerprint density at radius 3 is 2.91 bits per heavy atom. The smallest absolute Gasteiger partial charge is 0.136 e. The summed E-state index contributed by atoms with van der Waals surface area (Å²) in [6.07, 6.45) is 5.25. The van der Waals surface area contributed by atoms with Crippen molar-refractivity contribution in [3.05, 3.63) is 11.1 Å². The molecule has 1 atom stereocenters. The normalized spacial score (nSPS) is 31.0. The van der Waals surface area contributed by atoms with Gasteiger partial charge in [-0.25, -0.2) is 0 Å². The van der Waals surface area contributed by atoms with Crippen molar-refractivity contribution in [1.82, 2.24) is 0 Å². The summed E-state index contributed by atoms with van der Waals surface area (Å²) in [5.74, 6) is 0.920. The Bertz CT molecular complexity index is 225. The summed E-state index contributed by atoms with van der Waals surface area (Å²) < 4.78 is 0. The molecule has 0 N–H and O–H groups in total. The number of fused-ring (bicyclic) bond motifs is 2. The zero-order valence-corrected chi connectivity index (χ0v) is 7.02. The zero-order chi connectivity index (χ0) is 7.84. The van der Waals surface area contributed by atoms with Gasteiger partial charge in [-0.1, -0.05) is 11.1 Å². The molecule has 1 nitrogen and oxygen atoms in total. The van der Waals surface area contributed by atoms with Gasteiger partial charge in [-0.15, -0.1) is 0 Å². The molecular weight excluding hydrogens is 136 g/mol. The van der Waals surface area contributed by atoms with Gasteiger partial charge in [-0.05, 0) is 32.6 Å². The minimum atomic E-state index is 0.405. The van der Waals surface area contributed by atoms with Crippen molar-refractivity contribution < 1.29 is 4.79 Å². The van der Waals surface area contributed by atoms with Gasteiger partial charge in [0, 0.05) is 12.3 Å². The summed E-state index contributed by atoms with van der Waals surface area (Å²) in [7, 11) is 0. The van der Waals surface area contributed by atoms with Crippen LogP contribution in [-0.2, 0) is 4.79 Å². The average Bonchev–Trinajstić information content (AvgIpc) is 2.02. The van der Waals surface area contributed by atoms with Crippen LogP contribution in [0.4, 0.5) is 0 Å². The molecule has 60 valence electrons. The molecule has 0 aliphatic heterocycles. The lowest BCUT2D eigenvalue weighted by molar-refractivity contribution is -0.124. The fourth-order valence-electron chi connectivity index (χ4n) is 2.21. The van der Waals surface area contributed by atoms with Crippen LogP contribution >= 0.6 is 0 Å². The summed E-state index contributed by atoms with van der Waals surface area (Å²) in [4.78, 5) is 11.3. The largest absolute Gasteiger partial charge is 0.299 e. The van der Waals surface area contributed by atoms with Crippen molar-refractivity contribution in [1.29, 1.82) is 0 Å². The predicted octanol–water partition coefficient (Wildman–Crippen LogP) is 2.47. The number of carbonyl (C=O) groups excluding carboxylic acids is 1. The summed E-state index contributed by atoms with van der Waals surface area (Å²) >= 11 is 0. The third-order valence-corrected chi connectivity index (χ3v) is 3.09. The van der Waals surface area contributed by atoms with E-state index >= 15 is 0 Å². The Morgan fingerprint density at radius 1 is 1.27 bits per heavy atom. The van der Waals surface area contributed by atoms with E-state index in [1.807, 2.05) is 0 Å². The number of Topliss-reactive ketones (excluding diaryl/α,β-unsaturated/α-hetero) is 1. The first-order valence-corrected chi connectivity index (χ1v) is 4.47. The number of ketones is 1. The first-order chi connectivity index (χ1) is 5.27. The van der Waals surface area contributed by atoms with Crippen molar-refractivity contribution in [3.63, 3.8) is 0 Å². The Morgan fingerprint density at radius 2 is 2.09 bits per heavy atom. The second-order valence-corrected chi connectivity index (χ2v) is 3.79. The number of carbonyl (C=O) groups is 1. The van der Waals surface area contributed by atoms with E-state index in [4.69, 9.17) is 0 Å². The molecule has 0 spiro atoms. The molecule has 0 aromatic rings. The maximum absolute atomic E-state index is 11.3. The molecule has 1 heteroatoms. The van der Waals surface area contributed by atoms with Crippen LogP contribution in [0, 0.1) is 5.92 Å². The highest BCUT2D eigenvalue weighted by atomic mass is 16.1. The molecule has 1 saturated carbocycles. The van der Waals surface area contributed by atoms with Gasteiger partial charge >= 0.3 is 0 Å². The Labute approximate surface area is 67.5 Å². The van der Waals surface area contributed by atoms with Crippen LogP contribution in [0.25, 0.3) is 0 Å². The summed E-state index contributed by atoms with van der Waals surface area (Å²) in [6, 6.07) is 0. The lowest BCUT2D eigenvalue weighted by atomic mass is 9.75. The van der Waals surface area contributed by atoms with Crippen LogP contribution in [0.15, 0.2) is 11.1 Å². The zero-order valence-electron chi connectivity index (χ0n) is 7.02. The Hall–Kier alpha value is -0.590. The fraction of sp³-hybridized carbons (Fsp3) is 0.700. The van der Waals surface area contributed by atoms with E-state index in [0.29, 0.717) is 11.7 Å². The molecule has 0 radical (unpaired) electrons. The molecule has 2 aliphatic rings. The molecular formula is C10H14O. The first-order valence-electron chi connectivity index (χ1n) is 4.47. The summed E-state index contributed by atoms with van der Waals surface area (Å²) in [5, 5.41) is 0. The van der Waals surface area contributed by atoms with Crippen molar-refractivity contribution in [2.45, 2.75) is 39.0 Å². The van der Waals surface area contributed by atoms with Crippen LogP contribution in [-0.4, -0.2) is 5.78 Å². The molecule has 0 saturated heterocycles. The van der Waals surface area contributed by atoms with Crippen LogP contribution in [0.3, 0.4) is 0 Å². The standard InChI is InChI=1S/C10H14O/c1-7-2-3-9-6-8(7)4-5-10(9)11/h9H,2-6H2,1H3/t9-/m1/s1. The van der Waals surface area contributed by atoms with Gasteiger partial charge < -0.3 is 0 Å². The Kier molecular flexibility index (Phi) is 1.59. The number of hydrogen-bond donors (Lipinski definition) is 0. The van der Waals surface area contributed by atoms with E-state index in [2.05, 4.69) is 6.92 Å². The number of rotatable bonds is 0. The van der Waals surface area contributed by atoms with Crippen LogP contribution in [0.2, 0.25) is 0 Å². The molecule has 2 aliphatic carbocycles. The van der Waals surface area contributed by atoms with Crippen molar-refractivity contribution >= 4 is 5.78 Å². The van der Waals surface area contributed by atoms with E-state index in [1.165, 1.54) is 6.42 Å². The van der Waals surface area contributed by atoms with E-state index in [9.17, 15) is 4.79 Å². The van der Waals surface area contributed by atoms with Gasteiger partial charge in [0.2, 0.25) is 0 Å². The number of allylic oxidation sites excluding steroid dienone is 2. The molecule has 0 amide bonds. The maximum atomic E-state index is 11.3. The van der Waals surface area contributed by atoms with E-state index in [0.717, 1.165) is 25.7 Å². The van der Waals surface area contributed by atoms with E-state index < -0.39 is 0 Å². The van der Waals surface area contributed by atoms with E-state index in [-0.39, 0.29) is 0 Å². The SMILES string of the molecule is CC1=C2CCC(=O)[C@H](CC1)C2. The molecule has 1 fully saturated rings. The van der Waals surface area contributed by atoms with Crippen LogP contribution < -0.4 is 0 Å². The van der Waals surface area contributed by atoms with Crippen molar-refractivity contribution in [2.75, 3.05) is 0 Å². The molecule has 11 heavy (non-hydrogen) atoms. The second-order valence-electron chi connectivity index (χ2n) is 3.79. The third-order valence-electron chi connectivity index (χ3n) is 3.09. The highest BCUT2D eigenvalue weighted by Gasteiger charge is 2.28. The van der Waals surface area contributed by atoms with Gasteiger partial charge in [-0.3, -0.25) is 4.79 Å². The highest BCUT2D eigenvalue weighted by molar-refractivity contribution is 5.83. The fourth-order valence-corrected chi connectivity index (χ4v) is 2.21. The maximum Gasteiger partial charge on any atom is 0.136 e. The molecule has 2 rings (SSSR count). The van der Waals surface area contributed by atoms with Crippen molar-refractivity contribution in [2.24, 2.45) is 5.92 Å². The number of hydrogen-bond acceptors (Lipinski definition) is 1. The molecule has 2 bridgehead atoms. The summed E-state index contributed by atoms with van der Waals surface area (Å²) in [5.41, 5.74) is 3.15. The van der Waals surface area contributed by atoms with Crippen molar-refractivity contribution in [3.8, 4) is 0 Å². The minimum absolute atomic E-state index is 0.405. The lowest BCUT2D eigenvalue weighted by Crippen LogP contribution is -2.24. The van der Waals surface area contributed by atoms with Gasteiger partial charge in [0.05, 0.1) is 0 Å². The summed E-state index contributed by atoms with van der Waals surface area (Å²) in [6.45, 7) is 2.22. The van der Waals surface area contributed by atoms with Crippen LogP contribution in [0.1, 0.15) is 39.0 Å². The van der Waals surface area contributed by atoms with Gasteiger partial charge in [0.1, 0.15) is 5.78 Å². The highest BCUT2D eigenvalue weighted by Crippen LogP contribution is 2.37. The Balaban J connectivity index is 2.25. The van der Waals surface area contributed by atoms with Gasteiger partial charge in [0.25, 0.3) is 0 Å². The second kappa shape index (κ2) is 2.47. The van der Waals surface area contributed by atoms with Gasteiger partial charge in [0.15, 0.2) is 0 Å². The molecule has 0 unspecified atom stereocenters. The molecule has 0 heterocycles. The first kappa shape index (κ1) is 7.08. The monoisotopic (exact) mass is 150 g/mol. The topological polar surface area (TPSA) is 17.1 Å². The van der Waals surface area contributed by atoms with Crippen LogP contribution in [0.5, 0.6) is 0 Å². The van der Waals surface area contributed by atoms with E-state index in [1.54, 1.807) is 11.1 Å². The quantitative estimate of drug-likeness (QED) is 0.485. The molecule has 0 aromatic carbocycles. The predicted molar refractivity (Wildman–Crippen MR) is 44.3 cm³/mol. The lowest BCUT2D eigenvalue weighted by Gasteiger charge is -2.29. The minimum Gasteiger partial charge on any atom is -0.299 e. The van der Waals surface area contributed by atoms with Gasteiger partial charge in [-0.2, -0.15) is 0 Å². The average molecular weight is 150 g/mol.